The van der Waals surface area contributed by atoms with E-state index in [1.54, 1.807) is 12.1 Å². The molecule has 5 nitrogen and oxygen atoms in total. The minimum atomic E-state index is -0.519. The average molecular weight is 408 g/mol. The van der Waals surface area contributed by atoms with Gasteiger partial charge < -0.3 is 10.5 Å². The van der Waals surface area contributed by atoms with Gasteiger partial charge in [-0.2, -0.15) is 0 Å². The summed E-state index contributed by atoms with van der Waals surface area (Å²) in [4.78, 5) is 18.0. The summed E-state index contributed by atoms with van der Waals surface area (Å²) in [5.74, 6) is 0.655. The van der Waals surface area contributed by atoms with Gasteiger partial charge in [0.1, 0.15) is 11.5 Å². The lowest BCUT2D eigenvalue weighted by atomic mass is 10.1. The summed E-state index contributed by atoms with van der Waals surface area (Å²) in [6, 6.07) is 17.3. The Bertz CT molecular complexity index is 993. The molecule has 0 spiro atoms. The molecule has 1 aliphatic rings. The average Bonchev–Trinajstić information content (AvgIpc) is 3.19. The van der Waals surface area contributed by atoms with E-state index < -0.39 is 5.91 Å². The van der Waals surface area contributed by atoms with Crippen molar-refractivity contribution in [3.63, 3.8) is 0 Å². The standard InChI is InChI=1S/C23H22ClN3O2/c24-20-13-17(23(25)28)7-10-22(20)29-19-8-5-16(6-9-19)15-27-12-2-4-21(27)18-3-1-11-26-14-18/h1,3,5-11,13-14,21H,2,4,12,15H2,(H2,25,28)/t21-/m0/s1. The third-order valence-corrected chi connectivity index (χ3v) is 5.48. The summed E-state index contributed by atoms with van der Waals surface area (Å²) < 4.78 is 5.85. The van der Waals surface area contributed by atoms with E-state index in [0.29, 0.717) is 28.1 Å². The molecule has 0 bridgehead atoms. The third kappa shape index (κ3) is 4.58. The van der Waals surface area contributed by atoms with Crippen molar-refractivity contribution in [1.29, 1.82) is 0 Å². The summed E-state index contributed by atoms with van der Waals surface area (Å²) in [6.07, 6.45) is 6.13. The van der Waals surface area contributed by atoms with Crippen LogP contribution in [-0.2, 0) is 6.54 Å². The Kier molecular flexibility index (Phi) is 5.79. The fourth-order valence-electron chi connectivity index (χ4n) is 3.73. The number of primary amides is 1. The highest BCUT2D eigenvalue weighted by Gasteiger charge is 2.25. The van der Waals surface area contributed by atoms with Crippen molar-refractivity contribution in [2.24, 2.45) is 5.73 Å². The number of ether oxygens (including phenoxy) is 1. The van der Waals surface area contributed by atoms with Gasteiger partial charge in [0.05, 0.1) is 5.02 Å². The highest BCUT2D eigenvalue weighted by molar-refractivity contribution is 6.32. The topological polar surface area (TPSA) is 68.5 Å². The quantitative estimate of drug-likeness (QED) is 0.626. The Hall–Kier alpha value is -2.89. The number of halogens is 1. The number of nitrogens with two attached hydrogens (primary N) is 1. The second kappa shape index (κ2) is 8.64. The van der Waals surface area contributed by atoms with E-state index in [9.17, 15) is 4.79 Å². The Morgan fingerprint density at radius 3 is 2.72 bits per heavy atom. The van der Waals surface area contributed by atoms with E-state index >= 15 is 0 Å². The van der Waals surface area contributed by atoms with Gasteiger partial charge in [0.25, 0.3) is 0 Å². The van der Waals surface area contributed by atoms with Crippen molar-refractivity contribution in [2.75, 3.05) is 6.54 Å². The Labute approximate surface area is 175 Å². The van der Waals surface area contributed by atoms with Crippen LogP contribution >= 0.6 is 11.6 Å². The fraction of sp³-hybridized carbons (Fsp3) is 0.217. The van der Waals surface area contributed by atoms with Gasteiger partial charge in [-0.3, -0.25) is 14.7 Å². The van der Waals surface area contributed by atoms with Crippen molar-refractivity contribution >= 4 is 17.5 Å². The molecule has 1 aliphatic heterocycles. The van der Waals surface area contributed by atoms with Gasteiger partial charge in [-0.15, -0.1) is 0 Å². The number of pyridine rings is 1. The minimum Gasteiger partial charge on any atom is -0.456 e. The van der Waals surface area contributed by atoms with Crippen LogP contribution in [0.1, 0.15) is 40.4 Å². The highest BCUT2D eigenvalue weighted by atomic mass is 35.5. The van der Waals surface area contributed by atoms with Gasteiger partial charge in [-0.25, -0.2) is 0 Å². The molecule has 3 aromatic rings. The molecule has 2 heterocycles. The number of likely N-dealkylation sites (tertiary alicyclic amines) is 1. The zero-order valence-electron chi connectivity index (χ0n) is 15.9. The number of aromatic nitrogens is 1. The van der Waals surface area contributed by atoms with Crippen molar-refractivity contribution in [2.45, 2.75) is 25.4 Å². The van der Waals surface area contributed by atoms with Crippen LogP contribution in [0.2, 0.25) is 5.02 Å². The van der Waals surface area contributed by atoms with Crippen molar-refractivity contribution in [1.82, 2.24) is 9.88 Å². The molecule has 0 unspecified atom stereocenters. The molecule has 1 fully saturated rings. The first-order chi connectivity index (χ1) is 14.1. The lowest BCUT2D eigenvalue weighted by Gasteiger charge is -2.24. The number of carbonyl (C=O) groups excluding carboxylic acids is 1. The summed E-state index contributed by atoms with van der Waals surface area (Å²) in [6.45, 7) is 1.97. The molecule has 0 saturated carbocycles. The maximum atomic E-state index is 11.2. The van der Waals surface area contributed by atoms with Gasteiger partial charge in [0.2, 0.25) is 5.91 Å². The van der Waals surface area contributed by atoms with Crippen LogP contribution in [0, 0.1) is 0 Å². The third-order valence-electron chi connectivity index (χ3n) is 5.19. The molecule has 1 atom stereocenters. The summed E-state index contributed by atoms with van der Waals surface area (Å²) in [7, 11) is 0. The maximum absolute atomic E-state index is 11.2. The first-order valence-corrected chi connectivity index (χ1v) is 9.98. The molecule has 6 heteroatoms. The van der Waals surface area contributed by atoms with Gasteiger partial charge >= 0.3 is 0 Å². The molecular weight excluding hydrogens is 386 g/mol. The van der Waals surface area contributed by atoms with Gasteiger partial charge in [-0.1, -0.05) is 29.8 Å². The van der Waals surface area contributed by atoms with Crippen LogP contribution in [0.3, 0.4) is 0 Å². The zero-order chi connectivity index (χ0) is 20.2. The van der Waals surface area contributed by atoms with Crippen molar-refractivity contribution < 1.29 is 9.53 Å². The lowest BCUT2D eigenvalue weighted by molar-refractivity contribution is 0.100. The van der Waals surface area contributed by atoms with E-state index in [2.05, 4.69) is 28.1 Å². The van der Waals surface area contributed by atoms with E-state index in [4.69, 9.17) is 22.1 Å². The number of hydrogen-bond donors (Lipinski definition) is 1. The second-order valence-electron chi connectivity index (χ2n) is 7.17. The number of benzene rings is 2. The summed E-state index contributed by atoms with van der Waals surface area (Å²) >= 11 is 6.20. The maximum Gasteiger partial charge on any atom is 0.248 e. The SMILES string of the molecule is NC(=O)c1ccc(Oc2ccc(CN3CCC[C@H]3c3cccnc3)cc2)c(Cl)c1. The van der Waals surface area contributed by atoms with Crippen LogP contribution in [0.4, 0.5) is 0 Å². The number of rotatable bonds is 6. The molecular formula is C23H22ClN3O2. The van der Waals surface area contributed by atoms with Crippen LogP contribution in [0.5, 0.6) is 11.5 Å². The van der Waals surface area contributed by atoms with Crippen LogP contribution in [0.25, 0.3) is 0 Å². The molecule has 1 saturated heterocycles. The number of amides is 1. The first kappa shape index (κ1) is 19.4. The van der Waals surface area contributed by atoms with Crippen LogP contribution < -0.4 is 10.5 Å². The Morgan fingerprint density at radius 2 is 2.03 bits per heavy atom. The molecule has 148 valence electrons. The van der Waals surface area contributed by atoms with E-state index in [1.807, 2.05) is 30.6 Å². The summed E-state index contributed by atoms with van der Waals surface area (Å²) in [5, 5.41) is 0.349. The van der Waals surface area contributed by atoms with E-state index in [-0.39, 0.29) is 0 Å². The lowest BCUT2D eigenvalue weighted by Crippen LogP contribution is -2.22. The fourth-order valence-corrected chi connectivity index (χ4v) is 3.95. The minimum absolute atomic E-state index is 0.349. The summed E-state index contributed by atoms with van der Waals surface area (Å²) in [5.41, 5.74) is 8.13. The molecule has 1 aromatic heterocycles. The molecule has 0 aliphatic carbocycles. The predicted octanol–water partition coefficient (Wildman–Crippen LogP) is 4.96. The van der Waals surface area contributed by atoms with Crippen LogP contribution in [0.15, 0.2) is 67.0 Å². The Morgan fingerprint density at radius 1 is 1.21 bits per heavy atom. The van der Waals surface area contributed by atoms with Gasteiger partial charge in [-0.05, 0) is 66.9 Å². The number of nitrogens with zero attached hydrogens (tertiary/aromatic N) is 2. The van der Waals surface area contributed by atoms with E-state index in [1.165, 1.54) is 23.6 Å². The number of hydrogen-bond acceptors (Lipinski definition) is 4. The van der Waals surface area contributed by atoms with Gasteiger partial charge in [0.15, 0.2) is 0 Å². The van der Waals surface area contributed by atoms with Crippen molar-refractivity contribution in [3.8, 4) is 11.5 Å². The monoisotopic (exact) mass is 407 g/mol. The molecule has 4 rings (SSSR count). The van der Waals surface area contributed by atoms with Gasteiger partial charge in [0, 0.05) is 30.5 Å². The molecule has 0 radical (unpaired) electrons. The first-order valence-electron chi connectivity index (χ1n) is 9.60. The zero-order valence-corrected chi connectivity index (χ0v) is 16.7. The molecule has 1 amide bonds. The normalized spacial score (nSPS) is 16.7. The molecule has 2 N–H and O–H groups in total. The molecule has 2 aromatic carbocycles. The Balaban J connectivity index is 1.42. The van der Waals surface area contributed by atoms with Crippen molar-refractivity contribution in [3.05, 3.63) is 88.7 Å². The largest absolute Gasteiger partial charge is 0.456 e. The van der Waals surface area contributed by atoms with E-state index in [0.717, 1.165) is 19.5 Å². The van der Waals surface area contributed by atoms with Crippen LogP contribution in [-0.4, -0.2) is 22.3 Å². The second-order valence-corrected chi connectivity index (χ2v) is 7.58. The highest BCUT2D eigenvalue weighted by Crippen LogP contribution is 2.34. The number of carbonyl (C=O) groups is 1. The smallest absolute Gasteiger partial charge is 0.248 e. The molecule has 29 heavy (non-hydrogen) atoms. The predicted molar refractivity (Wildman–Crippen MR) is 113 cm³/mol.